The Morgan fingerprint density at radius 1 is 0.780 bits per heavy atom. The van der Waals surface area contributed by atoms with Crippen molar-refractivity contribution in [3.05, 3.63) is 101 Å². The largest absolute Gasteiger partial charge is 0.480 e. The second-order valence-electron chi connectivity index (χ2n) is 9.00. The quantitative estimate of drug-likeness (QED) is 0.231. The van der Waals surface area contributed by atoms with E-state index in [0.717, 1.165) is 12.1 Å². The molecule has 12 heteroatoms. The molecule has 9 nitrogen and oxygen atoms in total. The summed E-state index contributed by atoms with van der Waals surface area (Å²) in [7, 11) is 0. The Morgan fingerprint density at radius 2 is 1.34 bits per heavy atom. The van der Waals surface area contributed by atoms with Crippen molar-refractivity contribution >= 4 is 23.9 Å². The van der Waals surface area contributed by atoms with Gasteiger partial charge in [-0.1, -0.05) is 54.6 Å². The minimum Gasteiger partial charge on any atom is -0.480 e. The van der Waals surface area contributed by atoms with E-state index in [0.29, 0.717) is 16.9 Å². The van der Waals surface area contributed by atoms with E-state index in [-0.39, 0.29) is 25.0 Å². The summed E-state index contributed by atoms with van der Waals surface area (Å²) < 4.78 is 49.0. The van der Waals surface area contributed by atoms with Gasteiger partial charge in [-0.25, -0.2) is 9.59 Å². The minimum atomic E-state index is -4.56. The fraction of sp³-hybridized carbons (Fsp3) is 0.241. The molecule has 0 unspecified atom stereocenters. The normalized spacial score (nSPS) is 12.5. The summed E-state index contributed by atoms with van der Waals surface area (Å²) in [6.45, 7) is 1.03. The van der Waals surface area contributed by atoms with E-state index in [1.54, 1.807) is 42.5 Å². The van der Waals surface area contributed by atoms with Crippen LogP contribution in [-0.4, -0.2) is 41.1 Å². The van der Waals surface area contributed by atoms with Gasteiger partial charge in [-0.2, -0.15) is 13.2 Å². The summed E-state index contributed by atoms with van der Waals surface area (Å²) in [5.74, 6) is -2.38. The average Bonchev–Trinajstić information content (AvgIpc) is 2.92. The predicted molar refractivity (Wildman–Crippen MR) is 140 cm³/mol. The topological polar surface area (TPSA) is 131 Å². The van der Waals surface area contributed by atoms with E-state index in [1.165, 1.54) is 31.2 Å². The van der Waals surface area contributed by atoms with Crippen LogP contribution in [0.25, 0.3) is 0 Å². The first-order valence-corrected chi connectivity index (χ1v) is 12.3. The summed E-state index contributed by atoms with van der Waals surface area (Å²) in [5, 5.41) is 14.4. The molecule has 3 aromatic carbocycles. The molecule has 2 amide bonds. The third-order valence-electron chi connectivity index (χ3n) is 5.78. The Labute approximate surface area is 233 Å². The predicted octanol–water partition coefficient (Wildman–Crippen LogP) is 4.28. The van der Waals surface area contributed by atoms with E-state index in [9.17, 15) is 37.5 Å². The number of carboxylic acids is 1. The van der Waals surface area contributed by atoms with Gasteiger partial charge in [0.25, 0.3) is 0 Å². The number of esters is 1. The van der Waals surface area contributed by atoms with Crippen LogP contribution in [0.4, 0.5) is 18.0 Å². The lowest BCUT2D eigenvalue weighted by Gasteiger charge is -2.22. The van der Waals surface area contributed by atoms with Crippen molar-refractivity contribution < 1.29 is 46.9 Å². The van der Waals surface area contributed by atoms with Crippen LogP contribution in [0.15, 0.2) is 78.9 Å². The Balaban J connectivity index is 1.72. The molecule has 3 aromatic rings. The number of aliphatic carboxylic acids is 1. The standard InChI is InChI=1S/C29H27F3N2O7/c1-18(35)41-23-13-9-21(10-14-23)17-40-28(39)34-24(15-20-7-11-22(12-8-20)29(30,31)32)26(36)33-25(27(37)38)16-19-5-3-2-4-6-19/h2-14,24-25H,15-17H2,1H3,(H,33,36)(H,34,39)(H,37,38)/t24-,25+/m1/s1. The average molecular weight is 573 g/mol. The molecule has 0 radical (unpaired) electrons. The highest BCUT2D eigenvalue weighted by Crippen LogP contribution is 2.29. The van der Waals surface area contributed by atoms with Crippen molar-refractivity contribution in [2.24, 2.45) is 0 Å². The Bertz CT molecular complexity index is 1350. The van der Waals surface area contributed by atoms with Crippen molar-refractivity contribution in [1.29, 1.82) is 0 Å². The molecule has 0 saturated heterocycles. The van der Waals surface area contributed by atoms with Crippen molar-refractivity contribution in [3.8, 4) is 5.75 Å². The maximum atomic E-state index is 13.1. The Hall–Kier alpha value is -4.87. The molecule has 3 N–H and O–H groups in total. The van der Waals surface area contributed by atoms with Crippen molar-refractivity contribution in [3.63, 3.8) is 0 Å². The highest BCUT2D eigenvalue weighted by molar-refractivity contribution is 5.89. The summed E-state index contributed by atoms with van der Waals surface area (Å²) in [5.41, 5.74) is 0.581. The molecule has 0 saturated carbocycles. The highest BCUT2D eigenvalue weighted by Gasteiger charge is 2.31. The minimum absolute atomic E-state index is 0.0390. The van der Waals surface area contributed by atoms with Gasteiger partial charge in [0.1, 0.15) is 24.4 Å². The molecule has 216 valence electrons. The van der Waals surface area contributed by atoms with Crippen LogP contribution < -0.4 is 15.4 Å². The van der Waals surface area contributed by atoms with Crippen LogP contribution in [0.1, 0.15) is 29.2 Å². The van der Waals surface area contributed by atoms with E-state index in [2.05, 4.69) is 10.6 Å². The molecule has 0 aliphatic heterocycles. The number of carbonyl (C=O) groups is 4. The molecule has 0 fully saturated rings. The first-order valence-electron chi connectivity index (χ1n) is 12.3. The van der Waals surface area contributed by atoms with Crippen molar-refractivity contribution in [2.75, 3.05) is 0 Å². The molecule has 0 aliphatic rings. The third kappa shape index (κ3) is 9.99. The number of amides is 2. The number of alkyl carbamates (subject to hydrolysis) is 1. The molecule has 0 heterocycles. The van der Waals surface area contributed by atoms with Crippen LogP contribution in [0, 0.1) is 0 Å². The number of halogens is 3. The first kappa shape index (κ1) is 30.7. The van der Waals surface area contributed by atoms with E-state index in [4.69, 9.17) is 9.47 Å². The van der Waals surface area contributed by atoms with Gasteiger partial charge >= 0.3 is 24.2 Å². The summed E-state index contributed by atoms with van der Waals surface area (Å²) >= 11 is 0. The highest BCUT2D eigenvalue weighted by atomic mass is 19.4. The number of hydrogen-bond donors (Lipinski definition) is 3. The SMILES string of the molecule is CC(=O)Oc1ccc(COC(=O)N[C@H](Cc2ccc(C(F)(F)F)cc2)C(=O)N[C@@H](Cc2ccccc2)C(=O)O)cc1. The second-order valence-corrected chi connectivity index (χ2v) is 9.00. The number of alkyl halides is 3. The Morgan fingerprint density at radius 3 is 1.90 bits per heavy atom. The van der Waals surface area contributed by atoms with Crippen LogP contribution in [0.5, 0.6) is 5.75 Å². The smallest absolute Gasteiger partial charge is 0.416 e. The maximum Gasteiger partial charge on any atom is 0.416 e. The zero-order valence-corrected chi connectivity index (χ0v) is 21.8. The molecule has 0 aliphatic carbocycles. The molecular weight excluding hydrogens is 545 g/mol. The summed E-state index contributed by atoms with van der Waals surface area (Å²) in [6.07, 6.45) is -5.85. The monoisotopic (exact) mass is 572 g/mol. The lowest BCUT2D eigenvalue weighted by atomic mass is 10.0. The zero-order chi connectivity index (χ0) is 30.0. The lowest BCUT2D eigenvalue weighted by Crippen LogP contribution is -2.53. The first-order chi connectivity index (χ1) is 19.4. The van der Waals surface area contributed by atoms with Gasteiger partial charge in [0, 0.05) is 19.8 Å². The van der Waals surface area contributed by atoms with Crippen molar-refractivity contribution in [2.45, 2.75) is 44.6 Å². The number of carboxylic acid groups (broad SMARTS) is 1. The number of rotatable bonds is 11. The number of benzene rings is 3. The molecular formula is C29H27F3N2O7. The molecule has 41 heavy (non-hydrogen) atoms. The fourth-order valence-corrected chi connectivity index (χ4v) is 3.75. The van der Waals surface area contributed by atoms with Gasteiger partial charge in [0.05, 0.1) is 5.56 Å². The molecule has 3 rings (SSSR count). The van der Waals surface area contributed by atoms with E-state index < -0.39 is 47.8 Å². The number of ether oxygens (including phenoxy) is 2. The Kier molecular flexibility index (Phi) is 10.4. The summed E-state index contributed by atoms with van der Waals surface area (Å²) in [6, 6.07) is 16.0. The third-order valence-corrected chi connectivity index (χ3v) is 5.78. The fourth-order valence-electron chi connectivity index (χ4n) is 3.75. The van der Waals surface area contributed by atoms with Gasteiger partial charge < -0.3 is 25.2 Å². The van der Waals surface area contributed by atoms with Gasteiger partial charge in [-0.3, -0.25) is 9.59 Å². The van der Waals surface area contributed by atoms with Gasteiger partial charge in [0.2, 0.25) is 5.91 Å². The van der Waals surface area contributed by atoms with Crippen LogP contribution in [0.3, 0.4) is 0 Å². The summed E-state index contributed by atoms with van der Waals surface area (Å²) in [4.78, 5) is 48.6. The maximum absolute atomic E-state index is 13.1. The van der Waals surface area contributed by atoms with Crippen LogP contribution in [-0.2, 0) is 44.7 Å². The van der Waals surface area contributed by atoms with Gasteiger partial charge in [-0.15, -0.1) is 0 Å². The van der Waals surface area contributed by atoms with Gasteiger partial charge in [-0.05, 0) is 41.0 Å². The molecule has 0 spiro atoms. The second kappa shape index (κ2) is 14.0. The van der Waals surface area contributed by atoms with Gasteiger partial charge in [0.15, 0.2) is 0 Å². The number of nitrogens with one attached hydrogen (secondary N) is 2. The van der Waals surface area contributed by atoms with Crippen LogP contribution >= 0.6 is 0 Å². The molecule has 0 aromatic heterocycles. The van der Waals surface area contributed by atoms with E-state index in [1.807, 2.05) is 0 Å². The lowest BCUT2D eigenvalue weighted by molar-refractivity contribution is -0.142. The number of hydrogen-bond acceptors (Lipinski definition) is 6. The molecule has 2 atom stereocenters. The van der Waals surface area contributed by atoms with Crippen molar-refractivity contribution in [1.82, 2.24) is 10.6 Å². The zero-order valence-electron chi connectivity index (χ0n) is 21.8. The van der Waals surface area contributed by atoms with E-state index >= 15 is 0 Å². The van der Waals surface area contributed by atoms with Crippen LogP contribution in [0.2, 0.25) is 0 Å². The number of carbonyl (C=O) groups excluding carboxylic acids is 3. The molecule has 0 bridgehead atoms.